The number of hydrogen-bond acceptors (Lipinski definition) is 0. The summed E-state index contributed by atoms with van der Waals surface area (Å²) in [5.41, 5.74) is 3.80. The van der Waals surface area contributed by atoms with E-state index < -0.39 is 0 Å². The first-order valence-corrected chi connectivity index (χ1v) is 6.84. The Morgan fingerprint density at radius 2 is 1.62 bits per heavy atom. The molecule has 1 atom stereocenters. The van der Waals surface area contributed by atoms with Gasteiger partial charge in [0, 0.05) is 4.47 Å². The summed E-state index contributed by atoms with van der Waals surface area (Å²) in [4.78, 5) is 0.255. The number of hydrogen-bond donors (Lipinski definition) is 0. The molecule has 0 bridgehead atoms. The van der Waals surface area contributed by atoms with Gasteiger partial charge >= 0.3 is 0 Å². The van der Waals surface area contributed by atoms with Crippen molar-refractivity contribution in [2.24, 2.45) is 0 Å². The minimum Gasteiger partial charge on any atom is -0.0786 e. The van der Waals surface area contributed by atoms with Crippen LogP contribution in [0.25, 0.3) is 0 Å². The summed E-state index contributed by atoms with van der Waals surface area (Å²) in [6.45, 7) is 2.10. The van der Waals surface area contributed by atoms with E-state index in [9.17, 15) is 0 Å². The Morgan fingerprint density at radius 1 is 0.938 bits per heavy atom. The van der Waals surface area contributed by atoms with Gasteiger partial charge in [-0.25, -0.2) is 0 Å². The molecule has 2 heteroatoms. The molecular weight excluding hydrogens is 328 g/mol. The van der Waals surface area contributed by atoms with Gasteiger partial charge in [-0.15, -0.1) is 0 Å². The van der Waals surface area contributed by atoms with Crippen molar-refractivity contribution in [3.05, 3.63) is 69.7 Å². The predicted octanol–water partition coefficient (Wildman–Crippen LogP) is 5.24. The molecule has 0 heterocycles. The van der Waals surface area contributed by atoms with Crippen molar-refractivity contribution in [1.29, 1.82) is 0 Å². The first kappa shape index (κ1) is 11.9. The van der Waals surface area contributed by atoms with Crippen LogP contribution in [0.5, 0.6) is 0 Å². The van der Waals surface area contributed by atoms with Gasteiger partial charge in [-0.05, 0) is 29.7 Å². The number of halogens is 2. The molecule has 0 saturated carbocycles. The van der Waals surface area contributed by atoms with Crippen molar-refractivity contribution < 1.29 is 0 Å². The van der Waals surface area contributed by atoms with Crippen molar-refractivity contribution >= 4 is 31.9 Å². The van der Waals surface area contributed by atoms with E-state index in [4.69, 9.17) is 0 Å². The van der Waals surface area contributed by atoms with Crippen molar-refractivity contribution in [2.75, 3.05) is 0 Å². The first-order chi connectivity index (χ1) is 7.68. The summed E-state index contributed by atoms with van der Waals surface area (Å²) in [5, 5.41) is 0. The van der Waals surface area contributed by atoms with Gasteiger partial charge < -0.3 is 0 Å². The summed E-state index contributed by atoms with van der Waals surface area (Å²) in [7, 11) is 0. The quantitative estimate of drug-likeness (QED) is 0.656. The van der Waals surface area contributed by atoms with Crippen molar-refractivity contribution in [2.45, 2.75) is 11.8 Å². The molecule has 16 heavy (non-hydrogen) atoms. The standard InChI is InChI=1S/C14H12Br2/c1-10-7-8-12(9-13(10)15)14(16)11-5-3-2-4-6-11/h2-9,14H,1H3. The van der Waals surface area contributed by atoms with Gasteiger partial charge in [-0.2, -0.15) is 0 Å². The maximum atomic E-state index is 3.73. The van der Waals surface area contributed by atoms with Gasteiger partial charge in [0.15, 0.2) is 0 Å². The zero-order chi connectivity index (χ0) is 11.5. The molecule has 0 N–H and O–H groups in total. The largest absolute Gasteiger partial charge is 0.0786 e. The van der Waals surface area contributed by atoms with Crippen LogP contribution < -0.4 is 0 Å². The average Bonchev–Trinajstić information content (AvgIpc) is 2.33. The van der Waals surface area contributed by atoms with Gasteiger partial charge in [0.1, 0.15) is 0 Å². The second-order valence-corrected chi connectivity index (χ2v) is 5.55. The fraction of sp³-hybridized carbons (Fsp3) is 0.143. The number of alkyl halides is 1. The Morgan fingerprint density at radius 3 is 2.25 bits per heavy atom. The lowest BCUT2D eigenvalue weighted by molar-refractivity contribution is 1.17. The average molecular weight is 340 g/mol. The van der Waals surface area contributed by atoms with Crippen LogP contribution >= 0.6 is 31.9 Å². The predicted molar refractivity (Wildman–Crippen MR) is 76.1 cm³/mol. The molecule has 0 aliphatic carbocycles. The second-order valence-electron chi connectivity index (χ2n) is 3.78. The highest BCUT2D eigenvalue weighted by molar-refractivity contribution is 9.10. The number of aryl methyl sites for hydroxylation is 1. The fourth-order valence-corrected chi connectivity index (χ4v) is 2.57. The summed E-state index contributed by atoms with van der Waals surface area (Å²) >= 11 is 7.30. The molecule has 0 fully saturated rings. The van der Waals surface area contributed by atoms with E-state index in [1.165, 1.54) is 16.7 Å². The molecule has 0 amide bonds. The highest BCUT2D eigenvalue weighted by Crippen LogP contribution is 2.32. The van der Waals surface area contributed by atoms with E-state index in [1.807, 2.05) is 6.07 Å². The van der Waals surface area contributed by atoms with Gasteiger partial charge in [-0.1, -0.05) is 74.3 Å². The molecular formula is C14H12Br2. The zero-order valence-electron chi connectivity index (χ0n) is 8.95. The van der Waals surface area contributed by atoms with E-state index >= 15 is 0 Å². The lowest BCUT2D eigenvalue weighted by Gasteiger charge is -2.11. The molecule has 0 aliphatic rings. The van der Waals surface area contributed by atoms with Crippen LogP contribution in [0.2, 0.25) is 0 Å². The number of rotatable bonds is 2. The Hall–Kier alpha value is -0.600. The van der Waals surface area contributed by atoms with Gasteiger partial charge in [0.05, 0.1) is 4.83 Å². The Labute approximate surface area is 113 Å². The van der Waals surface area contributed by atoms with E-state index in [0.29, 0.717) is 0 Å². The van der Waals surface area contributed by atoms with E-state index in [2.05, 4.69) is 81.2 Å². The maximum Gasteiger partial charge on any atom is 0.0645 e. The van der Waals surface area contributed by atoms with Crippen molar-refractivity contribution in [1.82, 2.24) is 0 Å². The van der Waals surface area contributed by atoms with Crippen molar-refractivity contribution in [3.63, 3.8) is 0 Å². The van der Waals surface area contributed by atoms with Gasteiger partial charge in [-0.3, -0.25) is 0 Å². The molecule has 0 aliphatic heterocycles. The normalized spacial score (nSPS) is 12.4. The first-order valence-electron chi connectivity index (χ1n) is 5.13. The highest BCUT2D eigenvalue weighted by Gasteiger charge is 2.10. The molecule has 2 rings (SSSR count). The van der Waals surface area contributed by atoms with E-state index in [0.717, 1.165) is 4.47 Å². The molecule has 0 nitrogen and oxygen atoms in total. The monoisotopic (exact) mass is 338 g/mol. The third-order valence-electron chi connectivity index (χ3n) is 2.58. The van der Waals surface area contributed by atoms with Crippen LogP contribution in [0, 0.1) is 6.92 Å². The van der Waals surface area contributed by atoms with Crippen LogP contribution in [-0.2, 0) is 0 Å². The van der Waals surface area contributed by atoms with Crippen molar-refractivity contribution in [3.8, 4) is 0 Å². The Kier molecular flexibility index (Phi) is 3.82. The molecule has 0 saturated heterocycles. The van der Waals surface area contributed by atoms with E-state index in [-0.39, 0.29) is 4.83 Å². The van der Waals surface area contributed by atoms with Crippen LogP contribution in [0.3, 0.4) is 0 Å². The Bertz CT molecular complexity index is 477. The number of benzene rings is 2. The second kappa shape index (κ2) is 5.15. The summed E-state index contributed by atoms with van der Waals surface area (Å²) < 4.78 is 1.16. The van der Waals surface area contributed by atoms with Gasteiger partial charge in [0.2, 0.25) is 0 Å². The third-order valence-corrected chi connectivity index (χ3v) is 4.49. The Balaban J connectivity index is 2.34. The molecule has 2 aromatic carbocycles. The van der Waals surface area contributed by atoms with Gasteiger partial charge in [0.25, 0.3) is 0 Å². The smallest absolute Gasteiger partial charge is 0.0645 e. The SMILES string of the molecule is Cc1ccc(C(Br)c2ccccc2)cc1Br. The molecule has 0 spiro atoms. The molecule has 82 valence electrons. The van der Waals surface area contributed by atoms with Crippen LogP contribution in [0.15, 0.2) is 53.0 Å². The fourth-order valence-electron chi connectivity index (χ4n) is 1.58. The highest BCUT2D eigenvalue weighted by atomic mass is 79.9. The minimum absolute atomic E-state index is 0.255. The molecule has 0 radical (unpaired) electrons. The van der Waals surface area contributed by atoms with Crippen LogP contribution in [0.4, 0.5) is 0 Å². The lowest BCUT2D eigenvalue weighted by atomic mass is 10.0. The topological polar surface area (TPSA) is 0 Å². The lowest BCUT2D eigenvalue weighted by Crippen LogP contribution is -1.92. The molecule has 2 aromatic rings. The zero-order valence-corrected chi connectivity index (χ0v) is 12.1. The molecule has 1 unspecified atom stereocenters. The maximum absolute atomic E-state index is 3.73. The summed E-state index contributed by atoms with van der Waals surface area (Å²) in [6, 6.07) is 16.9. The molecule has 0 aromatic heterocycles. The summed E-state index contributed by atoms with van der Waals surface area (Å²) in [5.74, 6) is 0. The van der Waals surface area contributed by atoms with Crippen LogP contribution in [-0.4, -0.2) is 0 Å². The van der Waals surface area contributed by atoms with Crippen LogP contribution in [0.1, 0.15) is 21.5 Å². The third kappa shape index (κ3) is 2.55. The minimum atomic E-state index is 0.255. The summed E-state index contributed by atoms with van der Waals surface area (Å²) in [6.07, 6.45) is 0. The van der Waals surface area contributed by atoms with E-state index in [1.54, 1.807) is 0 Å².